The standard InChI is InChI=1S/C32H41N5O3.HI/c1-35-27-11-5-4-10-25(27)30(34-15-21-37-18-8-3-9-19-37)32-31(35)26-22-24(12-13-28(26)40-32)39-23-29(38)33-14-20-36-16-6-2-7-17-36;/h4-5,10-13,22H,2-3,6-9,14-21,23H2,1H3,(H,33,38);1H. The smallest absolute Gasteiger partial charge is 0.261 e. The molecule has 2 N–H and O–H groups in total. The minimum absolute atomic E-state index is 0. The zero-order valence-corrected chi connectivity index (χ0v) is 26.2. The van der Waals surface area contributed by atoms with Gasteiger partial charge in [-0.05, 0) is 76.1 Å². The number of fused-ring (bicyclic) bond motifs is 4. The van der Waals surface area contributed by atoms with E-state index >= 15 is 0 Å². The molecule has 0 aliphatic carbocycles. The van der Waals surface area contributed by atoms with Crippen molar-refractivity contribution in [3.05, 3.63) is 42.5 Å². The fourth-order valence-corrected chi connectivity index (χ4v) is 6.31. The van der Waals surface area contributed by atoms with Crippen LogP contribution in [0.5, 0.6) is 5.75 Å². The van der Waals surface area contributed by atoms with Crippen molar-refractivity contribution in [3.8, 4) is 5.75 Å². The van der Waals surface area contributed by atoms with Crippen molar-refractivity contribution in [2.24, 2.45) is 7.05 Å². The van der Waals surface area contributed by atoms with E-state index in [0.29, 0.717) is 12.3 Å². The lowest BCUT2D eigenvalue weighted by Crippen LogP contribution is -3.00. The lowest BCUT2D eigenvalue weighted by Gasteiger charge is -2.26. The number of pyridine rings is 1. The van der Waals surface area contributed by atoms with E-state index in [1.165, 1.54) is 51.6 Å². The molecule has 4 heterocycles. The number of aromatic nitrogens is 1. The van der Waals surface area contributed by atoms with Crippen molar-refractivity contribution in [2.45, 2.75) is 38.5 Å². The number of piperidine rings is 2. The van der Waals surface area contributed by atoms with Gasteiger partial charge in [-0.15, -0.1) is 0 Å². The molecule has 2 aromatic heterocycles. The molecule has 0 unspecified atom stereocenters. The number of amides is 1. The number of nitrogens with zero attached hydrogens (tertiary/aromatic N) is 3. The van der Waals surface area contributed by atoms with E-state index in [9.17, 15) is 4.79 Å². The molecular formula is C32H42IN5O3. The van der Waals surface area contributed by atoms with Crippen LogP contribution in [0.3, 0.4) is 0 Å². The summed E-state index contributed by atoms with van der Waals surface area (Å²) in [5.74, 6) is 0.569. The maximum absolute atomic E-state index is 12.5. The number of carbonyl (C=O) groups excluding carboxylic acids is 1. The first-order chi connectivity index (χ1) is 19.7. The van der Waals surface area contributed by atoms with Gasteiger partial charge in [-0.3, -0.25) is 4.79 Å². The Kier molecular flexibility index (Phi) is 10.2. The van der Waals surface area contributed by atoms with Gasteiger partial charge in [-0.1, -0.05) is 25.0 Å². The third-order valence-corrected chi connectivity index (χ3v) is 8.48. The number of halogens is 1. The molecular weight excluding hydrogens is 629 g/mol. The molecule has 0 spiro atoms. The van der Waals surface area contributed by atoms with Crippen LogP contribution in [0.25, 0.3) is 33.0 Å². The first kappa shape index (κ1) is 29.8. The van der Waals surface area contributed by atoms with Gasteiger partial charge in [-0.2, -0.15) is 4.57 Å². The predicted octanol–water partition coefficient (Wildman–Crippen LogP) is 1.45. The van der Waals surface area contributed by atoms with Gasteiger partial charge in [0.25, 0.3) is 11.4 Å². The molecule has 220 valence electrons. The fraction of sp³-hybridized carbons (Fsp3) is 0.500. The molecule has 2 saturated heterocycles. The Labute approximate surface area is 259 Å². The summed E-state index contributed by atoms with van der Waals surface area (Å²) in [6.07, 6.45) is 7.76. The number of hydrogen-bond donors (Lipinski definition) is 2. The predicted molar refractivity (Wildman–Crippen MR) is 160 cm³/mol. The van der Waals surface area contributed by atoms with Crippen LogP contribution in [-0.4, -0.2) is 74.7 Å². The Balaban J connectivity index is 0.00000337. The van der Waals surface area contributed by atoms with Crippen LogP contribution in [-0.2, 0) is 11.8 Å². The number of anilines is 1. The van der Waals surface area contributed by atoms with Crippen molar-refractivity contribution in [2.75, 3.05) is 64.3 Å². The second kappa shape index (κ2) is 14.0. The van der Waals surface area contributed by atoms with E-state index in [1.54, 1.807) is 0 Å². The lowest BCUT2D eigenvalue weighted by atomic mass is 10.1. The van der Waals surface area contributed by atoms with E-state index in [0.717, 1.165) is 71.4 Å². The summed E-state index contributed by atoms with van der Waals surface area (Å²) in [5.41, 5.74) is 4.84. The molecule has 8 nitrogen and oxygen atoms in total. The van der Waals surface area contributed by atoms with Crippen molar-refractivity contribution in [1.82, 2.24) is 15.1 Å². The number of hydrogen-bond acceptors (Lipinski definition) is 6. The average molecular weight is 672 g/mol. The second-order valence-electron chi connectivity index (χ2n) is 11.3. The summed E-state index contributed by atoms with van der Waals surface area (Å²) in [4.78, 5) is 17.4. The van der Waals surface area contributed by atoms with E-state index in [-0.39, 0.29) is 36.5 Å². The van der Waals surface area contributed by atoms with Gasteiger partial charge in [0.2, 0.25) is 11.1 Å². The van der Waals surface area contributed by atoms with E-state index in [4.69, 9.17) is 9.15 Å². The van der Waals surface area contributed by atoms with Crippen LogP contribution in [0.1, 0.15) is 38.5 Å². The summed E-state index contributed by atoms with van der Waals surface area (Å²) in [6, 6.07) is 14.3. The fourth-order valence-electron chi connectivity index (χ4n) is 6.31. The highest BCUT2D eigenvalue weighted by Crippen LogP contribution is 2.37. The maximum Gasteiger partial charge on any atom is 0.261 e. The van der Waals surface area contributed by atoms with Crippen molar-refractivity contribution in [1.29, 1.82) is 0 Å². The number of benzene rings is 2. The first-order valence-electron chi connectivity index (χ1n) is 15.0. The van der Waals surface area contributed by atoms with Crippen LogP contribution in [0.4, 0.5) is 5.69 Å². The van der Waals surface area contributed by atoms with Crippen molar-refractivity contribution < 1.29 is 42.5 Å². The van der Waals surface area contributed by atoms with Gasteiger partial charge in [0.15, 0.2) is 6.61 Å². The third kappa shape index (κ3) is 6.89. The van der Waals surface area contributed by atoms with E-state index in [1.807, 2.05) is 18.2 Å². The quantitative estimate of drug-likeness (QED) is 0.197. The largest absolute Gasteiger partial charge is 1.00 e. The minimum atomic E-state index is -0.0918. The van der Waals surface area contributed by atoms with Crippen LogP contribution in [0.15, 0.2) is 46.9 Å². The van der Waals surface area contributed by atoms with Gasteiger partial charge in [-0.25, -0.2) is 0 Å². The van der Waals surface area contributed by atoms with Gasteiger partial charge >= 0.3 is 0 Å². The molecule has 6 rings (SSSR count). The third-order valence-electron chi connectivity index (χ3n) is 8.48. The van der Waals surface area contributed by atoms with Gasteiger partial charge in [0.05, 0.1) is 16.5 Å². The van der Waals surface area contributed by atoms with Crippen molar-refractivity contribution >= 4 is 44.6 Å². The van der Waals surface area contributed by atoms with Gasteiger partial charge < -0.3 is 53.6 Å². The highest BCUT2D eigenvalue weighted by Gasteiger charge is 2.25. The molecule has 2 aromatic carbocycles. The Morgan fingerprint density at radius 1 is 0.902 bits per heavy atom. The molecule has 2 aliphatic heterocycles. The molecule has 4 aromatic rings. The number of aryl methyl sites for hydroxylation is 1. The van der Waals surface area contributed by atoms with Crippen LogP contribution in [0, 0.1) is 0 Å². The summed E-state index contributed by atoms with van der Waals surface area (Å²) in [5, 5.41) is 8.85. The molecule has 9 heteroatoms. The zero-order chi connectivity index (χ0) is 27.3. The summed E-state index contributed by atoms with van der Waals surface area (Å²) in [7, 11) is 2.08. The van der Waals surface area contributed by atoms with Crippen molar-refractivity contribution in [3.63, 3.8) is 0 Å². The van der Waals surface area contributed by atoms with E-state index < -0.39 is 0 Å². The topological polar surface area (TPSA) is 73.9 Å². The number of carbonyl (C=O) groups is 1. The number of nitrogens with one attached hydrogen (secondary N) is 2. The lowest BCUT2D eigenvalue weighted by molar-refractivity contribution is -0.616. The highest BCUT2D eigenvalue weighted by molar-refractivity contribution is 6.11. The Bertz CT molecular complexity index is 1480. The average Bonchev–Trinajstić information content (AvgIpc) is 3.38. The monoisotopic (exact) mass is 671 g/mol. The molecule has 41 heavy (non-hydrogen) atoms. The first-order valence-corrected chi connectivity index (χ1v) is 15.0. The molecule has 2 aliphatic rings. The van der Waals surface area contributed by atoms with E-state index in [2.05, 4.69) is 56.3 Å². The summed E-state index contributed by atoms with van der Waals surface area (Å²) < 4.78 is 14.6. The van der Waals surface area contributed by atoms with Crippen LogP contribution < -0.4 is 43.9 Å². The molecule has 1 amide bonds. The van der Waals surface area contributed by atoms with Crippen LogP contribution >= 0.6 is 0 Å². The number of ether oxygens (including phenoxy) is 1. The maximum atomic E-state index is 12.5. The normalized spacial score (nSPS) is 16.6. The Hall–Kier alpha value is -2.63. The number of para-hydroxylation sites is 1. The second-order valence-corrected chi connectivity index (χ2v) is 11.3. The van der Waals surface area contributed by atoms with Gasteiger partial charge in [0.1, 0.15) is 18.4 Å². The number of likely N-dealkylation sites (tertiary alicyclic amines) is 2. The summed E-state index contributed by atoms with van der Waals surface area (Å²) >= 11 is 0. The van der Waals surface area contributed by atoms with Crippen LogP contribution in [0.2, 0.25) is 0 Å². The number of furan rings is 1. The number of rotatable bonds is 10. The van der Waals surface area contributed by atoms with Gasteiger partial charge in [0, 0.05) is 32.2 Å². The molecule has 0 saturated carbocycles. The SMILES string of the molecule is C[n+]1c2ccccc2c(NCCN2CCCCC2)c2oc3ccc(OCC(=O)NCCN4CCCCC4)cc3c21.[I-]. The molecule has 0 bridgehead atoms. The Morgan fingerprint density at radius 2 is 1.59 bits per heavy atom. The Morgan fingerprint density at radius 3 is 2.32 bits per heavy atom. The zero-order valence-electron chi connectivity index (χ0n) is 24.1. The molecule has 0 radical (unpaired) electrons. The highest BCUT2D eigenvalue weighted by atomic mass is 127. The molecule has 0 atom stereocenters. The minimum Gasteiger partial charge on any atom is -1.00 e. The molecule has 2 fully saturated rings. The summed E-state index contributed by atoms with van der Waals surface area (Å²) in [6.45, 7) is 8.08.